The fourth-order valence-electron chi connectivity index (χ4n) is 3.42. The molecule has 0 radical (unpaired) electrons. The van der Waals surface area contributed by atoms with E-state index in [9.17, 15) is 4.79 Å². The monoisotopic (exact) mass is 263 g/mol. The minimum Gasteiger partial charge on any atom is -0.428 e. The second kappa shape index (κ2) is 3.72. The van der Waals surface area contributed by atoms with Crippen molar-refractivity contribution in [1.29, 1.82) is 0 Å². The lowest BCUT2D eigenvalue weighted by molar-refractivity contribution is 0.0668. The lowest BCUT2D eigenvalue weighted by atomic mass is 9.96. The van der Waals surface area contributed by atoms with Gasteiger partial charge in [0, 0.05) is 0 Å². The minimum absolute atomic E-state index is 0.130. The van der Waals surface area contributed by atoms with E-state index in [-0.39, 0.29) is 24.2 Å². The van der Waals surface area contributed by atoms with Crippen LogP contribution in [0.5, 0.6) is 0 Å². The first-order valence-corrected chi connectivity index (χ1v) is 6.79. The highest BCUT2D eigenvalue weighted by Crippen LogP contribution is 2.58. The number of aromatic nitrogens is 1. The molecule has 102 valence electrons. The number of rotatable bonds is 2. The van der Waals surface area contributed by atoms with Crippen LogP contribution in [-0.4, -0.2) is 29.3 Å². The van der Waals surface area contributed by atoms with Crippen molar-refractivity contribution < 1.29 is 13.9 Å². The van der Waals surface area contributed by atoms with Crippen LogP contribution < -0.4 is 10.6 Å². The number of nitrogens with one attached hydrogen (secondary N) is 2. The van der Waals surface area contributed by atoms with Gasteiger partial charge in [0.05, 0.1) is 23.9 Å². The first-order valence-electron chi connectivity index (χ1n) is 6.79. The Bertz CT molecular complexity index is 522. The Hall–Kier alpha value is -1.56. The van der Waals surface area contributed by atoms with Crippen molar-refractivity contribution >= 4 is 12.0 Å². The van der Waals surface area contributed by atoms with Gasteiger partial charge in [-0.25, -0.2) is 4.79 Å². The first-order chi connectivity index (χ1) is 9.11. The topological polar surface area (TPSA) is 76.4 Å². The van der Waals surface area contributed by atoms with Crippen molar-refractivity contribution in [2.24, 2.45) is 11.8 Å². The minimum atomic E-state index is -0.264. The molecule has 0 aromatic carbocycles. The van der Waals surface area contributed by atoms with Crippen LogP contribution in [0.25, 0.3) is 0 Å². The normalized spacial score (nSPS) is 38.1. The van der Waals surface area contributed by atoms with Crippen molar-refractivity contribution in [3.8, 4) is 0 Å². The molecule has 2 bridgehead atoms. The van der Waals surface area contributed by atoms with Gasteiger partial charge in [0.25, 0.3) is 0 Å². The van der Waals surface area contributed by atoms with E-state index in [0.717, 1.165) is 23.8 Å². The van der Waals surface area contributed by atoms with Crippen LogP contribution in [0, 0.1) is 25.7 Å². The lowest BCUT2D eigenvalue weighted by Crippen LogP contribution is -2.44. The number of oxazole rings is 1. The number of hydrogen-bond acceptors (Lipinski definition) is 4. The van der Waals surface area contributed by atoms with Crippen LogP contribution in [0.3, 0.4) is 0 Å². The number of carbonyl (C=O) groups excluding carboxylic acids is 1. The van der Waals surface area contributed by atoms with Crippen LogP contribution >= 0.6 is 0 Å². The molecule has 2 saturated heterocycles. The molecule has 6 heteroatoms. The average Bonchev–Trinajstić information content (AvgIpc) is 2.83. The molecule has 2 amide bonds. The van der Waals surface area contributed by atoms with Gasteiger partial charge in [-0.05, 0) is 38.5 Å². The van der Waals surface area contributed by atoms with E-state index in [0.29, 0.717) is 12.0 Å². The molecule has 4 rings (SSSR count). The number of anilines is 1. The summed E-state index contributed by atoms with van der Waals surface area (Å²) in [6.45, 7) is 3.67. The molecule has 3 aliphatic rings. The molecule has 5 atom stereocenters. The molecule has 6 nitrogen and oxygen atoms in total. The summed E-state index contributed by atoms with van der Waals surface area (Å²) in [5, 5.41) is 5.60. The zero-order chi connectivity index (χ0) is 13.1. The maximum atomic E-state index is 11.9. The molecular weight excluding hydrogens is 246 g/mol. The summed E-state index contributed by atoms with van der Waals surface area (Å²) in [7, 11) is 0. The van der Waals surface area contributed by atoms with Crippen molar-refractivity contribution in [3.63, 3.8) is 0 Å². The Labute approximate surface area is 110 Å². The molecule has 1 aromatic heterocycles. The quantitative estimate of drug-likeness (QED) is 0.849. The van der Waals surface area contributed by atoms with Gasteiger partial charge < -0.3 is 14.5 Å². The molecule has 0 unspecified atom stereocenters. The highest BCUT2D eigenvalue weighted by atomic mass is 16.5. The molecule has 1 aromatic rings. The van der Waals surface area contributed by atoms with Crippen LogP contribution in [0.2, 0.25) is 0 Å². The third-order valence-corrected chi connectivity index (χ3v) is 4.57. The van der Waals surface area contributed by atoms with Gasteiger partial charge in [0.1, 0.15) is 5.76 Å². The van der Waals surface area contributed by atoms with E-state index in [1.165, 1.54) is 6.42 Å². The summed E-state index contributed by atoms with van der Waals surface area (Å²) in [5.74, 6) is 2.16. The highest BCUT2D eigenvalue weighted by Gasteiger charge is 2.62. The van der Waals surface area contributed by atoms with Crippen LogP contribution in [-0.2, 0) is 4.74 Å². The number of nitrogens with zero attached hydrogens (tertiary/aromatic N) is 1. The highest BCUT2D eigenvalue weighted by molar-refractivity contribution is 5.87. The molecular formula is C13H17N3O3. The summed E-state index contributed by atoms with van der Waals surface area (Å²) in [4.78, 5) is 16.0. The van der Waals surface area contributed by atoms with Crippen molar-refractivity contribution in [2.45, 2.75) is 44.9 Å². The summed E-state index contributed by atoms with van der Waals surface area (Å²) in [6, 6.07) is 0.117. The number of ether oxygens (including phenoxy) is 1. The second-order valence-corrected chi connectivity index (χ2v) is 5.80. The lowest BCUT2D eigenvalue weighted by Gasteiger charge is -2.19. The summed E-state index contributed by atoms with van der Waals surface area (Å²) >= 11 is 0. The summed E-state index contributed by atoms with van der Waals surface area (Å²) < 4.78 is 11.2. The number of hydrogen-bond donors (Lipinski definition) is 2. The Balaban J connectivity index is 1.37. The molecule has 19 heavy (non-hydrogen) atoms. The largest absolute Gasteiger partial charge is 0.428 e. The van der Waals surface area contributed by atoms with E-state index >= 15 is 0 Å². The molecule has 1 aliphatic carbocycles. The first kappa shape index (κ1) is 11.3. The third kappa shape index (κ3) is 1.74. The predicted octanol–water partition coefficient (Wildman–Crippen LogP) is 1.59. The standard InChI is InChI=1S/C13H17N3O3/c1-5-6(2)18-13(14-5)16-12(17)15-9-4-10-7-3-8(7)11(9)19-10/h7-11H,3-4H2,1-2H3,(H2,14,15,16,17)/t7-,8+,9-,10+,11+/m1/s1. The molecule has 1 saturated carbocycles. The average molecular weight is 263 g/mol. The zero-order valence-electron chi connectivity index (χ0n) is 11.0. The van der Waals surface area contributed by atoms with E-state index in [1.54, 1.807) is 0 Å². The van der Waals surface area contributed by atoms with Crippen LogP contribution in [0.15, 0.2) is 4.42 Å². The number of aryl methyl sites for hydroxylation is 2. The molecule has 0 spiro atoms. The van der Waals surface area contributed by atoms with Crippen molar-refractivity contribution in [3.05, 3.63) is 11.5 Å². The fraction of sp³-hybridized carbons (Fsp3) is 0.692. The second-order valence-electron chi connectivity index (χ2n) is 5.80. The van der Waals surface area contributed by atoms with Gasteiger partial charge >= 0.3 is 12.0 Å². The van der Waals surface area contributed by atoms with Gasteiger partial charge in [-0.1, -0.05) is 0 Å². The molecule has 3 fully saturated rings. The Morgan fingerprint density at radius 3 is 2.79 bits per heavy atom. The van der Waals surface area contributed by atoms with Gasteiger partial charge in [-0.15, -0.1) is 0 Å². The number of amides is 2. The summed E-state index contributed by atoms with van der Waals surface area (Å²) in [6.07, 6.45) is 2.79. The third-order valence-electron chi connectivity index (χ3n) is 4.57. The zero-order valence-corrected chi connectivity index (χ0v) is 11.0. The van der Waals surface area contributed by atoms with Gasteiger partial charge in [-0.3, -0.25) is 5.32 Å². The maximum Gasteiger partial charge on any atom is 0.323 e. The fourth-order valence-corrected chi connectivity index (χ4v) is 3.42. The maximum absolute atomic E-state index is 11.9. The SMILES string of the molecule is Cc1nc(NC(=O)N[C@@H]2C[C@@H]3O[C@H]2[C@H]2C[C@H]23)oc1C. The van der Waals surface area contributed by atoms with E-state index in [1.807, 2.05) is 13.8 Å². The number of fused-ring (bicyclic) bond motifs is 5. The number of urea groups is 1. The van der Waals surface area contributed by atoms with Gasteiger partial charge in [-0.2, -0.15) is 4.98 Å². The van der Waals surface area contributed by atoms with Crippen molar-refractivity contribution in [1.82, 2.24) is 10.3 Å². The van der Waals surface area contributed by atoms with E-state index in [2.05, 4.69) is 15.6 Å². The number of carbonyl (C=O) groups is 1. The molecule has 2 N–H and O–H groups in total. The van der Waals surface area contributed by atoms with Crippen LogP contribution in [0.1, 0.15) is 24.3 Å². The van der Waals surface area contributed by atoms with Crippen molar-refractivity contribution in [2.75, 3.05) is 5.32 Å². The summed E-state index contributed by atoms with van der Waals surface area (Å²) in [5.41, 5.74) is 0.791. The molecule has 3 heterocycles. The van der Waals surface area contributed by atoms with Gasteiger partial charge in [0.15, 0.2) is 0 Å². The van der Waals surface area contributed by atoms with Crippen LogP contribution in [0.4, 0.5) is 10.8 Å². The predicted molar refractivity (Wildman–Crippen MR) is 66.8 cm³/mol. The molecule has 2 aliphatic heterocycles. The Morgan fingerprint density at radius 1 is 1.32 bits per heavy atom. The van der Waals surface area contributed by atoms with E-state index < -0.39 is 0 Å². The Kier molecular flexibility index (Phi) is 2.21. The smallest absolute Gasteiger partial charge is 0.323 e. The Morgan fingerprint density at radius 2 is 2.16 bits per heavy atom. The van der Waals surface area contributed by atoms with Gasteiger partial charge in [0.2, 0.25) is 0 Å². The van der Waals surface area contributed by atoms with E-state index in [4.69, 9.17) is 9.15 Å².